The zero-order valence-electron chi connectivity index (χ0n) is 9.22. The van der Waals surface area contributed by atoms with Gasteiger partial charge < -0.3 is 0 Å². The molecule has 0 unspecified atom stereocenters. The minimum Gasteiger partial charge on any atom is -0.206 e. The first-order valence-electron chi connectivity index (χ1n) is 5.10. The van der Waals surface area contributed by atoms with E-state index in [9.17, 15) is 4.39 Å². The molecule has 0 aliphatic heterocycles. The van der Waals surface area contributed by atoms with E-state index >= 15 is 0 Å². The zero-order valence-corrected chi connectivity index (χ0v) is 10.8. The predicted molar refractivity (Wildman–Crippen MR) is 69.0 cm³/mol. The maximum Gasteiger partial charge on any atom is 0.129 e. The zero-order chi connectivity index (χ0) is 11.7. The minimum atomic E-state index is -0.112. The Morgan fingerprint density at radius 2 is 1.56 bits per heavy atom. The summed E-state index contributed by atoms with van der Waals surface area (Å²) >= 11 is 3.44. The molecule has 0 spiro atoms. The van der Waals surface area contributed by atoms with Crippen molar-refractivity contribution in [3.05, 3.63) is 57.8 Å². The van der Waals surface area contributed by atoms with Gasteiger partial charge in [-0.1, -0.05) is 28.1 Å². The minimum absolute atomic E-state index is 0.112. The van der Waals surface area contributed by atoms with Gasteiger partial charge in [0.2, 0.25) is 0 Å². The first-order valence-corrected chi connectivity index (χ1v) is 5.90. The summed E-state index contributed by atoms with van der Waals surface area (Å²) in [5, 5.41) is 0. The van der Waals surface area contributed by atoms with Crippen molar-refractivity contribution in [2.75, 3.05) is 0 Å². The Morgan fingerprint density at radius 1 is 0.938 bits per heavy atom. The maximum absolute atomic E-state index is 13.5. The van der Waals surface area contributed by atoms with E-state index < -0.39 is 0 Å². The molecule has 0 aliphatic carbocycles. The molecule has 0 amide bonds. The lowest BCUT2D eigenvalue weighted by Crippen LogP contribution is -1.89. The van der Waals surface area contributed by atoms with Crippen LogP contribution in [0.1, 0.15) is 11.1 Å². The van der Waals surface area contributed by atoms with Crippen LogP contribution in [0.5, 0.6) is 0 Å². The van der Waals surface area contributed by atoms with E-state index in [-0.39, 0.29) is 5.82 Å². The smallest absolute Gasteiger partial charge is 0.129 e. The van der Waals surface area contributed by atoms with Crippen LogP contribution in [-0.4, -0.2) is 0 Å². The highest BCUT2D eigenvalue weighted by Gasteiger charge is 2.05. The van der Waals surface area contributed by atoms with Crippen molar-refractivity contribution in [2.45, 2.75) is 13.8 Å². The van der Waals surface area contributed by atoms with Crippen LogP contribution >= 0.6 is 15.9 Å². The fourth-order valence-electron chi connectivity index (χ4n) is 1.78. The van der Waals surface area contributed by atoms with E-state index in [0.717, 1.165) is 15.6 Å². The predicted octanol–water partition coefficient (Wildman–Crippen LogP) is 4.87. The molecule has 2 rings (SSSR count). The quantitative estimate of drug-likeness (QED) is 0.698. The summed E-state index contributed by atoms with van der Waals surface area (Å²) in [4.78, 5) is 0. The second-order valence-corrected chi connectivity index (χ2v) is 4.85. The van der Waals surface area contributed by atoms with Crippen LogP contribution < -0.4 is 0 Å². The van der Waals surface area contributed by atoms with E-state index in [1.54, 1.807) is 13.8 Å². The molecule has 82 valence electrons. The summed E-state index contributed by atoms with van der Waals surface area (Å²) in [7, 11) is 0. The molecule has 0 bridgehead atoms. The van der Waals surface area contributed by atoms with Gasteiger partial charge in [0.25, 0.3) is 0 Å². The third-order valence-corrected chi connectivity index (χ3v) is 3.09. The van der Waals surface area contributed by atoms with Crippen LogP contribution in [0.4, 0.5) is 4.39 Å². The van der Waals surface area contributed by atoms with Crippen LogP contribution in [0.3, 0.4) is 0 Å². The third-order valence-electron chi connectivity index (χ3n) is 2.59. The molecular formula is C14H12BrF. The fraction of sp³-hybridized carbons (Fsp3) is 0.143. The largest absolute Gasteiger partial charge is 0.206 e. The molecule has 0 radical (unpaired) electrons. The molecule has 2 aromatic carbocycles. The van der Waals surface area contributed by atoms with Gasteiger partial charge in [-0.15, -0.1) is 0 Å². The van der Waals surface area contributed by atoms with Crippen molar-refractivity contribution < 1.29 is 4.39 Å². The summed E-state index contributed by atoms with van der Waals surface area (Å²) in [5.41, 5.74) is 3.53. The number of hydrogen-bond donors (Lipinski definition) is 0. The molecule has 0 aromatic heterocycles. The van der Waals surface area contributed by atoms with E-state index in [0.29, 0.717) is 11.1 Å². The number of aryl methyl sites for hydroxylation is 2. The molecule has 0 atom stereocenters. The SMILES string of the molecule is Cc1cc(-c2cccc(Br)c2)cc(C)c1F. The molecule has 0 nitrogen and oxygen atoms in total. The van der Waals surface area contributed by atoms with Gasteiger partial charge in [0.05, 0.1) is 0 Å². The third kappa shape index (κ3) is 2.17. The van der Waals surface area contributed by atoms with Gasteiger partial charge >= 0.3 is 0 Å². The number of halogens is 2. The second kappa shape index (κ2) is 4.38. The molecule has 0 aliphatic rings. The van der Waals surface area contributed by atoms with Gasteiger partial charge in [-0.2, -0.15) is 0 Å². The van der Waals surface area contributed by atoms with Crippen LogP contribution in [-0.2, 0) is 0 Å². The number of hydrogen-bond acceptors (Lipinski definition) is 0. The second-order valence-electron chi connectivity index (χ2n) is 3.93. The Hall–Kier alpha value is -1.15. The van der Waals surface area contributed by atoms with Gasteiger partial charge in [0, 0.05) is 4.47 Å². The molecule has 0 heterocycles. The molecule has 2 heteroatoms. The monoisotopic (exact) mass is 278 g/mol. The molecule has 0 N–H and O–H groups in total. The van der Waals surface area contributed by atoms with E-state index in [4.69, 9.17) is 0 Å². The summed E-state index contributed by atoms with van der Waals surface area (Å²) in [5.74, 6) is -0.112. The Kier molecular flexibility index (Phi) is 3.10. The summed E-state index contributed by atoms with van der Waals surface area (Å²) in [6.45, 7) is 3.59. The van der Waals surface area contributed by atoms with Crippen LogP contribution in [0, 0.1) is 19.7 Å². The van der Waals surface area contributed by atoms with Crippen molar-refractivity contribution in [1.29, 1.82) is 0 Å². The molecule has 0 saturated heterocycles. The summed E-state index contributed by atoms with van der Waals surface area (Å²) < 4.78 is 14.5. The molecule has 2 aromatic rings. The normalized spacial score (nSPS) is 10.5. The molecular weight excluding hydrogens is 267 g/mol. The van der Waals surface area contributed by atoms with Crippen molar-refractivity contribution >= 4 is 15.9 Å². The van der Waals surface area contributed by atoms with E-state index in [2.05, 4.69) is 15.9 Å². The maximum atomic E-state index is 13.5. The average molecular weight is 279 g/mol. The van der Waals surface area contributed by atoms with E-state index in [1.165, 1.54) is 0 Å². The van der Waals surface area contributed by atoms with Crippen molar-refractivity contribution in [3.63, 3.8) is 0 Å². The first-order chi connectivity index (χ1) is 7.58. The highest BCUT2D eigenvalue weighted by Crippen LogP contribution is 2.26. The lowest BCUT2D eigenvalue weighted by Gasteiger charge is -2.07. The lowest BCUT2D eigenvalue weighted by molar-refractivity contribution is 0.609. The highest BCUT2D eigenvalue weighted by molar-refractivity contribution is 9.10. The van der Waals surface area contributed by atoms with Crippen molar-refractivity contribution in [2.24, 2.45) is 0 Å². The highest BCUT2D eigenvalue weighted by atomic mass is 79.9. The Labute approximate surface area is 103 Å². The van der Waals surface area contributed by atoms with Gasteiger partial charge in [0.15, 0.2) is 0 Å². The van der Waals surface area contributed by atoms with Crippen molar-refractivity contribution in [1.82, 2.24) is 0 Å². The summed E-state index contributed by atoms with van der Waals surface area (Å²) in [6, 6.07) is 11.8. The van der Waals surface area contributed by atoms with Gasteiger partial charge in [-0.05, 0) is 60.4 Å². The van der Waals surface area contributed by atoms with Crippen molar-refractivity contribution in [3.8, 4) is 11.1 Å². The first kappa shape index (κ1) is 11.3. The standard InChI is InChI=1S/C14H12BrF/c1-9-6-12(7-10(2)14(9)16)11-4-3-5-13(15)8-11/h3-8H,1-2H3. The van der Waals surface area contributed by atoms with Crippen LogP contribution in [0.25, 0.3) is 11.1 Å². The Bertz CT molecular complexity index is 509. The molecule has 16 heavy (non-hydrogen) atoms. The van der Waals surface area contributed by atoms with E-state index in [1.807, 2.05) is 36.4 Å². The van der Waals surface area contributed by atoms with Crippen LogP contribution in [0.2, 0.25) is 0 Å². The topological polar surface area (TPSA) is 0 Å². The molecule has 0 fully saturated rings. The molecule has 0 saturated carbocycles. The Morgan fingerprint density at radius 3 is 2.12 bits per heavy atom. The summed E-state index contributed by atoms with van der Waals surface area (Å²) in [6.07, 6.45) is 0. The average Bonchev–Trinajstić information content (AvgIpc) is 2.25. The van der Waals surface area contributed by atoms with Crippen LogP contribution in [0.15, 0.2) is 40.9 Å². The Balaban J connectivity index is 2.57. The number of rotatable bonds is 1. The van der Waals surface area contributed by atoms with Gasteiger partial charge in [0.1, 0.15) is 5.82 Å². The fourth-order valence-corrected chi connectivity index (χ4v) is 2.18. The van der Waals surface area contributed by atoms with Gasteiger partial charge in [-0.3, -0.25) is 0 Å². The van der Waals surface area contributed by atoms with Gasteiger partial charge in [-0.25, -0.2) is 4.39 Å². The number of benzene rings is 2. The lowest BCUT2D eigenvalue weighted by atomic mass is 10.0.